The lowest BCUT2D eigenvalue weighted by molar-refractivity contribution is 0.112. The Morgan fingerprint density at radius 1 is 0.903 bits per heavy atom. The fourth-order valence-electron chi connectivity index (χ4n) is 4.44. The van der Waals surface area contributed by atoms with Gasteiger partial charge in [0, 0.05) is 32.4 Å². The van der Waals surface area contributed by atoms with Gasteiger partial charge in [-0.05, 0) is 40.5 Å². The van der Waals surface area contributed by atoms with Crippen LogP contribution < -0.4 is 0 Å². The predicted molar refractivity (Wildman–Crippen MR) is 123 cm³/mol. The third kappa shape index (κ3) is 3.86. The largest absolute Gasteiger partial charge is 0.294 e. The molecule has 0 bridgehead atoms. The number of allylic oxidation sites excluding steroid dienone is 1. The highest BCUT2D eigenvalue weighted by molar-refractivity contribution is 5.93. The number of nitrogens with zero attached hydrogens (tertiary/aromatic N) is 5. The second kappa shape index (κ2) is 8.55. The Balaban J connectivity index is 1.43. The molecule has 152 valence electrons. The Morgan fingerprint density at radius 3 is 2.42 bits per heavy atom. The minimum atomic E-state index is 0.122. The minimum absolute atomic E-state index is 0.122. The number of hydrazone groups is 1. The Bertz CT molecular complexity index is 1170. The van der Waals surface area contributed by atoms with Gasteiger partial charge in [-0.1, -0.05) is 54.6 Å². The smallest absolute Gasteiger partial charge is 0.0998 e. The molecule has 0 radical (unpaired) electrons. The van der Waals surface area contributed by atoms with Crippen molar-refractivity contribution in [3.63, 3.8) is 0 Å². The summed E-state index contributed by atoms with van der Waals surface area (Å²) < 4.78 is 0. The van der Waals surface area contributed by atoms with Crippen molar-refractivity contribution >= 4 is 17.9 Å². The lowest BCUT2D eigenvalue weighted by Gasteiger charge is -2.39. The molecule has 2 aromatic carbocycles. The van der Waals surface area contributed by atoms with Crippen molar-refractivity contribution < 1.29 is 0 Å². The summed E-state index contributed by atoms with van der Waals surface area (Å²) in [6.07, 6.45) is 5.64. The molecule has 1 fully saturated rings. The Hall–Kier alpha value is -3.75. The zero-order valence-corrected chi connectivity index (χ0v) is 17.2. The third-order valence-electron chi connectivity index (χ3n) is 5.95. The van der Waals surface area contributed by atoms with Crippen molar-refractivity contribution in [2.24, 2.45) is 5.10 Å². The first kappa shape index (κ1) is 19.2. The van der Waals surface area contributed by atoms with Gasteiger partial charge in [0.25, 0.3) is 0 Å². The Labute approximate surface area is 182 Å². The van der Waals surface area contributed by atoms with E-state index in [4.69, 9.17) is 0 Å². The lowest BCUT2D eigenvalue weighted by Crippen LogP contribution is -2.46. The molecule has 1 unspecified atom stereocenters. The number of benzene rings is 2. The van der Waals surface area contributed by atoms with Crippen molar-refractivity contribution in [2.45, 2.75) is 6.04 Å². The highest BCUT2D eigenvalue weighted by atomic mass is 15.5. The van der Waals surface area contributed by atoms with Crippen molar-refractivity contribution in [2.75, 3.05) is 26.2 Å². The molecule has 5 nitrogen and oxygen atoms in total. The van der Waals surface area contributed by atoms with Crippen LogP contribution in [0.3, 0.4) is 0 Å². The molecular formula is C26H23N5. The highest BCUT2D eigenvalue weighted by Crippen LogP contribution is 2.39. The summed E-state index contributed by atoms with van der Waals surface area (Å²) in [7, 11) is 0. The molecule has 2 heterocycles. The van der Waals surface area contributed by atoms with Crippen molar-refractivity contribution in [3.05, 3.63) is 101 Å². The van der Waals surface area contributed by atoms with Crippen molar-refractivity contribution in [3.8, 4) is 6.07 Å². The van der Waals surface area contributed by atoms with E-state index in [0.717, 1.165) is 48.6 Å². The molecule has 0 amide bonds. The van der Waals surface area contributed by atoms with Gasteiger partial charge in [0.05, 0.1) is 29.6 Å². The average Bonchev–Trinajstić information content (AvgIpc) is 2.98. The summed E-state index contributed by atoms with van der Waals surface area (Å²) in [4.78, 5) is 6.82. The Kier molecular flexibility index (Phi) is 5.30. The van der Waals surface area contributed by atoms with E-state index in [2.05, 4.69) is 62.5 Å². The van der Waals surface area contributed by atoms with Crippen LogP contribution >= 0.6 is 0 Å². The SMILES string of the molecule is N#CC1=Cc2ccccc2C(N2CCN(N=Cc3ccccn3)CC2)c2ccccc21. The van der Waals surface area contributed by atoms with Gasteiger partial charge < -0.3 is 0 Å². The molecule has 0 spiro atoms. The van der Waals surface area contributed by atoms with Crippen LogP contribution in [0.25, 0.3) is 11.6 Å². The van der Waals surface area contributed by atoms with Crippen LogP contribution in [-0.4, -0.2) is 47.3 Å². The van der Waals surface area contributed by atoms with E-state index in [9.17, 15) is 5.26 Å². The molecule has 1 aromatic heterocycles. The van der Waals surface area contributed by atoms with Crippen molar-refractivity contribution in [1.82, 2.24) is 14.9 Å². The molecule has 1 aliphatic heterocycles. The number of hydrogen-bond donors (Lipinski definition) is 0. The van der Waals surface area contributed by atoms with E-state index in [0.29, 0.717) is 0 Å². The van der Waals surface area contributed by atoms with E-state index < -0.39 is 0 Å². The van der Waals surface area contributed by atoms with Crippen LogP contribution in [0.5, 0.6) is 0 Å². The average molecular weight is 406 g/mol. The second-order valence-corrected chi connectivity index (χ2v) is 7.78. The summed E-state index contributed by atoms with van der Waals surface area (Å²) in [6, 6.07) is 25.1. The molecule has 1 aliphatic carbocycles. The van der Waals surface area contributed by atoms with E-state index in [1.54, 1.807) is 6.20 Å². The highest BCUT2D eigenvalue weighted by Gasteiger charge is 2.31. The van der Waals surface area contributed by atoms with Crippen LogP contribution in [0.2, 0.25) is 0 Å². The van der Waals surface area contributed by atoms with Gasteiger partial charge in [0.15, 0.2) is 0 Å². The van der Waals surface area contributed by atoms with Gasteiger partial charge in [-0.3, -0.25) is 14.9 Å². The first-order valence-corrected chi connectivity index (χ1v) is 10.6. The number of aromatic nitrogens is 1. The standard InChI is InChI=1S/C26H23N5/c27-18-21-17-20-7-1-2-10-24(20)26(25-11-4-3-9-23(21)25)30-13-15-31(16-14-30)29-19-22-8-5-6-12-28-22/h1-12,17,19,26H,13-16H2. The molecule has 0 N–H and O–H groups in total. The summed E-state index contributed by atoms with van der Waals surface area (Å²) in [5, 5.41) is 16.6. The maximum absolute atomic E-state index is 9.81. The number of piperazine rings is 1. The summed E-state index contributed by atoms with van der Waals surface area (Å²) in [5.41, 5.74) is 6.20. The zero-order valence-electron chi connectivity index (χ0n) is 17.2. The number of nitriles is 1. The van der Waals surface area contributed by atoms with Crippen LogP contribution in [0.1, 0.15) is 34.0 Å². The molecule has 2 aliphatic rings. The molecule has 1 atom stereocenters. The fourth-order valence-corrected chi connectivity index (χ4v) is 4.44. The Morgan fingerprint density at radius 2 is 1.65 bits per heavy atom. The molecule has 1 saturated heterocycles. The van der Waals surface area contributed by atoms with E-state index in [1.165, 1.54) is 11.1 Å². The van der Waals surface area contributed by atoms with Crippen LogP contribution in [0, 0.1) is 11.3 Å². The maximum atomic E-state index is 9.81. The first-order chi connectivity index (χ1) is 15.3. The second-order valence-electron chi connectivity index (χ2n) is 7.78. The van der Waals surface area contributed by atoms with E-state index in [-0.39, 0.29) is 6.04 Å². The van der Waals surface area contributed by atoms with Gasteiger partial charge in [0.2, 0.25) is 0 Å². The van der Waals surface area contributed by atoms with E-state index in [1.807, 2.05) is 42.6 Å². The van der Waals surface area contributed by atoms with Crippen LogP contribution in [-0.2, 0) is 0 Å². The first-order valence-electron chi connectivity index (χ1n) is 10.6. The van der Waals surface area contributed by atoms with Gasteiger partial charge >= 0.3 is 0 Å². The normalized spacial score (nSPS) is 18.6. The minimum Gasteiger partial charge on any atom is -0.294 e. The third-order valence-corrected chi connectivity index (χ3v) is 5.95. The van der Waals surface area contributed by atoms with Gasteiger partial charge in [0.1, 0.15) is 0 Å². The summed E-state index contributed by atoms with van der Waals surface area (Å²) >= 11 is 0. The summed E-state index contributed by atoms with van der Waals surface area (Å²) in [5.74, 6) is 0. The molecular weight excluding hydrogens is 382 g/mol. The van der Waals surface area contributed by atoms with Gasteiger partial charge in [-0.15, -0.1) is 0 Å². The molecule has 5 rings (SSSR count). The number of hydrogen-bond acceptors (Lipinski definition) is 5. The molecule has 0 saturated carbocycles. The monoisotopic (exact) mass is 405 g/mol. The fraction of sp³-hybridized carbons (Fsp3) is 0.192. The van der Waals surface area contributed by atoms with Crippen molar-refractivity contribution in [1.29, 1.82) is 5.26 Å². The van der Waals surface area contributed by atoms with Gasteiger partial charge in [-0.25, -0.2) is 0 Å². The topological polar surface area (TPSA) is 55.5 Å². The lowest BCUT2D eigenvalue weighted by atomic mass is 9.91. The van der Waals surface area contributed by atoms with Crippen LogP contribution in [0.15, 0.2) is 78.0 Å². The van der Waals surface area contributed by atoms with Gasteiger partial charge in [-0.2, -0.15) is 10.4 Å². The molecule has 3 aromatic rings. The predicted octanol–water partition coefficient (Wildman–Crippen LogP) is 4.20. The number of pyridine rings is 1. The number of rotatable bonds is 3. The zero-order chi connectivity index (χ0) is 21.0. The maximum Gasteiger partial charge on any atom is 0.0998 e. The molecule has 31 heavy (non-hydrogen) atoms. The van der Waals surface area contributed by atoms with E-state index >= 15 is 0 Å². The van der Waals surface area contributed by atoms with Crippen LogP contribution in [0.4, 0.5) is 0 Å². The summed E-state index contributed by atoms with van der Waals surface area (Å²) in [6.45, 7) is 3.50. The quantitative estimate of drug-likeness (QED) is 0.613. The molecule has 5 heteroatoms. The number of fused-ring (bicyclic) bond motifs is 2.